The van der Waals surface area contributed by atoms with Crippen molar-refractivity contribution in [1.82, 2.24) is 9.97 Å². The molecule has 0 unspecified atom stereocenters. The minimum Gasteiger partial charge on any atom is -0.350 e. The Hall–Kier alpha value is -3.29. The molecule has 0 aliphatic rings. The summed E-state index contributed by atoms with van der Waals surface area (Å²) in [4.78, 5) is 8.93. The summed E-state index contributed by atoms with van der Waals surface area (Å²) >= 11 is 0. The number of primary sulfonamides is 1. The predicted octanol–water partition coefficient (Wildman–Crippen LogP) is 3.56. The molecule has 1 heterocycles. The summed E-state index contributed by atoms with van der Waals surface area (Å²) in [6.45, 7) is 0.464. The van der Waals surface area contributed by atoms with Crippen LogP contribution in [0.4, 0.5) is 5.95 Å². The molecule has 0 aliphatic heterocycles. The zero-order chi connectivity index (χ0) is 19.6. The van der Waals surface area contributed by atoms with Crippen molar-refractivity contribution in [3.05, 3.63) is 84.6 Å². The van der Waals surface area contributed by atoms with E-state index >= 15 is 0 Å². The largest absolute Gasteiger partial charge is 0.350 e. The number of nitrogens with one attached hydrogen (secondary N) is 1. The number of benzene rings is 3. The highest BCUT2D eigenvalue weighted by Gasteiger charge is 2.07. The lowest BCUT2D eigenvalue weighted by atomic mass is 10.1. The summed E-state index contributed by atoms with van der Waals surface area (Å²) < 4.78 is 22.6. The molecule has 1 aromatic heterocycles. The van der Waals surface area contributed by atoms with Gasteiger partial charge in [-0.2, -0.15) is 0 Å². The molecule has 0 atom stereocenters. The lowest BCUT2D eigenvalue weighted by molar-refractivity contribution is 0.598. The molecule has 4 rings (SSSR count). The molecule has 4 aromatic rings. The van der Waals surface area contributed by atoms with E-state index in [2.05, 4.69) is 39.6 Å². The minimum absolute atomic E-state index is 0.0887. The summed E-state index contributed by atoms with van der Waals surface area (Å²) in [6, 6.07) is 22.7. The van der Waals surface area contributed by atoms with E-state index in [9.17, 15) is 8.42 Å². The van der Waals surface area contributed by atoms with Gasteiger partial charge in [0.05, 0.1) is 10.6 Å². The van der Waals surface area contributed by atoms with Crippen LogP contribution in [0, 0.1) is 0 Å². The Balaban J connectivity index is 1.52. The van der Waals surface area contributed by atoms with Crippen molar-refractivity contribution >= 4 is 26.7 Å². The number of aromatic nitrogens is 2. The highest BCUT2D eigenvalue weighted by Crippen LogP contribution is 2.23. The normalized spacial score (nSPS) is 11.5. The SMILES string of the molecule is NS(=O)(=O)c1ccc(CNc2nccc(-c3ccc4ccccc4c3)n2)cc1. The van der Waals surface area contributed by atoms with E-state index in [1.165, 1.54) is 17.5 Å². The number of nitrogens with two attached hydrogens (primary N) is 1. The summed E-state index contributed by atoms with van der Waals surface area (Å²) in [5.74, 6) is 0.501. The Morgan fingerprint density at radius 3 is 2.39 bits per heavy atom. The van der Waals surface area contributed by atoms with Crippen LogP contribution in [-0.4, -0.2) is 18.4 Å². The van der Waals surface area contributed by atoms with Crippen LogP contribution in [0.25, 0.3) is 22.0 Å². The Kier molecular flexibility index (Phi) is 4.77. The smallest absolute Gasteiger partial charge is 0.238 e. The maximum Gasteiger partial charge on any atom is 0.238 e. The van der Waals surface area contributed by atoms with Gasteiger partial charge in [0, 0.05) is 18.3 Å². The first-order valence-electron chi connectivity index (χ1n) is 8.67. The van der Waals surface area contributed by atoms with Gasteiger partial charge in [0.2, 0.25) is 16.0 Å². The quantitative estimate of drug-likeness (QED) is 0.543. The molecular weight excluding hydrogens is 372 g/mol. The monoisotopic (exact) mass is 390 g/mol. The number of nitrogens with zero attached hydrogens (tertiary/aromatic N) is 2. The fraction of sp³-hybridized carbons (Fsp3) is 0.0476. The molecule has 0 saturated carbocycles. The first kappa shape index (κ1) is 18.1. The van der Waals surface area contributed by atoms with Gasteiger partial charge in [-0.25, -0.2) is 23.5 Å². The van der Waals surface area contributed by atoms with E-state index < -0.39 is 10.0 Å². The van der Waals surface area contributed by atoms with Crippen molar-refractivity contribution in [2.45, 2.75) is 11.4 Å². The van der Waals surface area contributed by atoms with Gasteiger partial charge in [0.1, 0.15) is 0 Å². The van der Waals surface area contributed by atoms with Gasteiger partial charge in [0.15, 0.2) is 0 Å². The van der Waals surface area contributed by atoms with E-state index in [-0.39, 0.29) is 4.90 Å². The third kappa shape index (κ3) is 4.00. The fourth-order valence-electron chi connectivity index (χ4n) is 2.93. The van der Waals surface area contributed by atoms with Crippen molar-refractivity contribution in [2.24, 2.45) is 5.14 Å². The number of hydrogen-bond acceptors (Lipinski definition) is 5. The van der Waals surface area contributed by atoms with Crippen LogP contribution in [0.1, 0.15) is 5.56 Å². The van der Waals surface area contributed by atoms with Gasteiger partial charge in [-0.05, 0) is 40.6 Å². The molecule has 0 aliphatic carbocycles. The van der Waals surface area contributed by atoms with Gasteiger partial charge in [-0.1, -0.05) is 48.5 Å². The topological polar surface area (TPSA) is 98.0 Å². The average molecular weight is 390 g/mol. The zero-order valence-corrected chi connectivity index (χ0v) is 15.7. The van der Waals surface area contributed by atoms with E-state index in [4.69, 9.17) is 5.14 Å². The Morgan fingerprint density at radius 1 is 0.893 bits per heavy atom. The molecule has 0 bridgehead atoms. The van der Waals surface area contributed by atoms with Crippen LogP contribution in [0.15, 0.2) is 83.9 Å². The van der Waals surface area contributed by atoms with E-state index in [0.29, 0.717) is 12.5 Å². The van der Waals surface area contributed by atoms with Crippen LogP contribution in [0.2, 0.25) is 0 Å². The van der Waals surface area contributed by atoms with Gasteiger partial charge < -0.3 is 5.32 Å². The molecule has 0 fully saturated rings. The summed E-state index contributed by atoms with van der Waals surface area (Å²) in [5, 5.41) is 10.6. The maximum atomic E-state index is 11.3. The molecule has 28 heavy (non-hydrogen) atoms. The van der Waals surface area contributed by atoms with E-state index in [0.717, 1.165) is 22.2 Å². The highest BCUT2D eigenvalue weighted by atomic mass is 32.2. The average Bonchev–Trinajstić information content (AvgIpc) is 2.72. The minimum atomic E-state index is -3.68. The molecule has 0 saturated heterocycles. The van der Waals surface area contributed by atoms with Gasteiger partial charge in [-0.3, -0.25) is 0 Å². The lowest BCUT2D eigenvalue weighted by Gasteiger charge is -2.08. The van der Waals surface area contributed by atoms with Gasteiger partial charge in [0.25, 0.3) is 0 Å². The molecule has 0 spiro atoms. The van der Waals surface area contributed by atoms with Crippen LogP contribution in [0.3, 0.4) is 0 Å². The highest BCUT2D eigenvalue weighted by molar-refractivity contribution is 7.89. The van der Waals surface area contributed by atoms with Crippen molar-refractivity contribution in [1.29, 1.82) is 0 Å². The molecule has 140 valence electrons. The first-order chi connectivity index (χ1) is 13.5. The number of hydrogen-bond donors (Lipinski definition) is 2. The molecule has 7 heteroatoms. The number of rotatable bonds is 5. The molecular formula is C21H18N4O2S. The molecule has 3 N–H and O–H groups in total. The van der Waals surface area contributed by atoms with E-state index in [1.807, 2.05) is 24.3 Å². The summed E-state index contributed by atoms with van der Waals surface area (Å²) in [6.07, 6.45) is 1.71. The fourth-order valence-corrected chi connectivity index (χ4v) is 3.45. The Bertz CT molecular complexity index is 1240. The standard InChI is InChI=1S/C21H18N4O2S/c22-28(26,27)19-9-5-15(6-10-19)14-24-21-23-12-11-20(25-21)18-8-7-16-3-1-2-4-17(16)13-18/h1-13H,14H2,(H2,22,26,27)(H,23,24,25). The zero-order valence-electron chi connectivity index (χ0n) is 14.9. The molecule has 3 aromatic carbocycles. The first-order valence-corrected chi connectivity index (χ1v) is 10.2. The Morgan fingerprint density at radius 2 is 1.64 bits per heavy atom. The van der Waals surface area contributed by atoms with Crippen LogP contribution >= 0.6 is 0 Å². The number of anilines is 1. The maximum absolute atomic E-state index is 11.3. The number of sulfonamides is 1. The van der Waals surface area contributed by atoms with Crippen LogP contribution in [0.5, 0.6) is 0 Å². The summed E-state index contributed by atoms with van der Waals surface area (Å²) in [5.41, 5.74) is 2.74. The van der Waals surface area contributed by atoms with Crippen molar-refractivity contribution in [3.63, 3.8) is 0 Å². The second-order valence-corrected chi connectivity index (χ2v) is 7.93. The lowest BCUT2D eigenvalue weighted by Crippen LogP contribution is -2.12. The molecule has 0 amide bonds. The van der Waals surface area contributed by atoms with Crippen LogP contribution < -0.4 is 10.5 Å². The van der Waals surface area contributed by atoms with Crippen molar-refractivity contribution in [3.8, 4) is 11.3 Å². The van der Waals surface area contributed by atoms with Crippen molar-refractivity contribution in [2.75, 3.05) is 5.32 Å². The molecule has 6 nitrogen and oxygen atoms in total. The summed E-state index contributed by atoms with van der Waals surface area (Å²) in [7, 11) is -3.68. The second-order valence-electron chi connectivity index (χ2n) is 6.37. The van der Waals surface area contributed by atoms with E-state index in [1.54, 1.807) is 18.3 Å². The third-order valence-electron chi connectivity index (χ3n) is 4.40. The predicted molar refractivity (Wildman–Crippen MR) is 110 cm³/mol. The molecule has 0 radical (unpaired) electrons. The van der Waals surface area contributed by atoms with Gasteiger partial charge in [-0.15, -0.1) is 0 Å². The van der Waals surface area contributed by atoms with Gasteiger partial charge >= 0.3 is 0 Å². The van der Waals surface area contributed by atoms with Crippen LogP contribution in [-0.2, 0) is 16.6 Å². The number of fused-ring (bicyclic) bond motifs is 1. The second kappa shape index (κ2) is 7.38. The third-order valence-corrected chi connectivity index (χ3v) is 5.33. The van der Waals surface area contributed by atoms with Crippen molar-refractivity contribution < 1.29 is 8.42 Å². The Labute approximate surface area is 163 Å².